The summed E-state index contributed by atoms with van der Waals surface area (Å²) in [5.41, 5.74) is 0.727. The van der Waals surface area contributed by atoms with Crippen molar-refractivity contribution in [1.82, 2.24) is 9.78 Å². The van der Waals surface area contributed by atoms with Gasteiger partial charge in [-0.3, -0.25) is 4.79 Å². The minimum atomic E-state index is -0.390. The van der Waals surface area contributed by atoms with Crippen LogP contribution in [0.15, 0.2) is 54.7 Å². The first-order valence-corrected chi connectivity index (χ1v) is 7.95. The normalized spacial score (nSPS) is 10.5. The fraction of sp³-hybridized carbons (Fsp3) is 0.0588. The van der Waals surface area contributed by atoms with Crippen LogP contribution in [0.5, 0.6) is 5.75 Å². The number of hydrogen-bond acceptors (Lipinski definition) is 3. The molecule has 0 spiro atoms. The largest absolute Gasteiger partial charge is 0.471 e. The lowest BCUT2D eigenvalue weighted by atomic mass is 10.3. The van der Waals surface area contributed by atoms with E-state index in [1.165, 1.54) is 28.9 Å². The van der Waals surface area contributed by atoms with E-state index in [9.17, 15) is 9.18 Å². The molecule has 8 heteroatoms. The van der Waals surface area contributed by atoms with Gasteiger partial charge in [-0.1, -0.05) is 23.2 Å². The van der Waals surface area contributed by atoms with Crippen molar-refractivity contribution < 1.29 is 13.9 Å². The third-order valence-electron chi connectivity index (χ3n) is 3.23. The molecule has 3 aromatic rings. The lowest BCUT2D eigenvalue weighted by Gasteiger charge is -2.06. The average molecular weight is 380 g/mol. The third-order valence-corrected chi connectivity index (χ3v) is 3.97. The van der Waals surface area contributed by atoms with Gasteiger partial charge in [-0.2, -0.15) is 5.10 Å². The summed E-state index contributed by atoms with van der Waals surface area (Å²) in [5.74, 6) is -0.231. The molecular weight excluding hydrogens is 368 g/mol. The van der Waals surface area contributed by atoms with Gasteiger partial charge in [-0.25, -0.2) is 9.07 Å². The number of carbonyl (C=O) groups is 1. The second-order valence-electron chi connectivity index (χ2n) is 5.05. The lowest BCUT2D eigenvalue weighted by Crippen LogP contribution is -2.14. The number of anilines is 1. The molecule has 0 aliphatic heterocycles. The second kappa shape index (κ2) is 7.55. The summed E-state index contributed by atoms with van der Waals surface area (Å²) in [6.45, 7) is 0.0890. The molecule has 25 heavy (non-hydrogen) atoms. The average Bonchev–Trinajstić information content (AvgIpc) is 3.07. The number of halogens is 3. The lowest BCUT2D eigenvalue weighted by molar-refractivity contribution is 0.102. The molecule has 0 unspecified atom stereocenters. The van der Waals surface area contributed by atoms with Gasteiger partial charge in [0.05, 0.1) is 10.0 Å². The highest BCUT2D eigenvalue weighted by molar-refractivity contribution is 6.42. The van der Waals surface area contributed by atoms with Crippen molar-refractivity contribution in [3.05, 3.63) is 76.3 Å². The number of nitrogens with one attached hydrogen (secondary N) is 1. The molecule has 0 aliphatic carbocycles. The van der Waals surface area contributed by atoms with Crippen molar-refractivity contribution >= 4 is 34.8 Å². The fourth-order valence-corrected chi connectivity index (χ4v) is 2.29. The molecule has 0 radical (unpaired) electrons. The molecule has 1 N–H and O–H groups in total. The zero-order valence-electron chi connectivity index (χ0n) is 12.7. The topological polar surface area (TPSA) is 56.2 Å². The Kier molecular flexibility index (Phi) is 5.21. The summed E-state index contributed by atoms with van der Waals surface area (Å²) < 4.78 is 19.7. The highest BCUT2D eigenvalue weighted by atomic mass is 35.5. The molecular formula is C17H12Cl2FN3O2. The minimum absolute atomic E-state index is 0.0890. The fourth-order valence-electron chi connectivity index (χ4n) is 2.00. The van der Waals surface area contributed by atoms with Crippen LogP contribution in [-0.2, 0) is 6.73 Å². The van der Waals surface area contributed by atoms with E-state index in [1.807, 2.05) is 0 Å². The van der Waals surface area contributed by atoms with Crippen LogP contribution < -0.4 is 10.1 Å². The Morgan fingerprint density at radius 1 is 1.12 bits per heavy atom. The van der Waals surface area contributed by atoms with E-state index in [1.54, 1.807) is 30.5 Å². The summed E-state index contributed by atoms with van der Waals surface area (Å²) in [7, 11) is 0. The summed E-state index contributed by atoms with van der Waals surface area (Å²) in [4.78, 5) is 12.2. The summed E-state index contributed by atoms with van der Waals surface area (Å²) in [6.07, 6.45) is 1.60. The van der Waals surface area contributed by atoms with Crippen LogP contribution in [0, 0.1) is 5.82 Å². The minimum Gasteiger partial charge on any atom is -0.471 e. The van der Waals surface area contributed by atoms with Crippen molar-refractivity contribution in [3.8, 4) is 5.75 Å². The van der Waals surface area contributed by atoms with Crippen LogP contribution >= 0.6 is 23.2 Å². The first-order valence-electron chi connectivity index (χ1n) is 7.19. The van der Waals surface area contributed by atoms with Gasteiger partial charge in [-0.15, -0.1) is 0 Å². The highest BCUT2D eigenvalue weighted by Gasteiger charge is 2.11. The number of hydrogen-bond donors (Lipinski definition) is 1. The van der Waals surface area contributed by atoms with Crippen LogP contribution in [0.2, 0.25) is 10.0 Å². The number of amides is 1. The molecule has 3 rings (SSSR count). The van der Waals surface area contributed by atoms with Crippen molar-refractivity contribution in [2.75, 3.05) is 5.32 Å². The van der Waals surface area contributed by atoms with E-state index in [0.29, 0.717) is 21.5 Å². The first-order chi connectivity index (χ1) is 12.0. The quantitative estimate of drug-likeness (QED) is 0.703. The van der Waals surface area contributed by atoms with Gasteiger partial charge in [0.15, 0.2) is 12.4 Å². The standard InChI is InChI=1S/C17H12Cl2FN3O2/c18-14-6-3-12(9-15(14)19)21-17(24)16-7-8-23(22-16)10-25-13-4-1-11(20)2-5-13/h1-9H,10H2,(H,21,24). The van der Waals surface area contributed by atoms with Crippen LogP contribution in [0.25, 0.3) is 0 Å². The summed E-state index contributed by atoms with van der Waals surface area (Å²) >= 11 is 11.8. The van der Waals surface area contributed by atoms with Gasteiger partial charge in [0.25, 0.3) is 5.91 Å². The number of aromatic nitrogens is 2. The monoisotopic (exact) mass is 379 g/mol. The number of benzene rings is 2. The Balaban J connectivity index is 1.61. The SMILES string of the molecule is O=C(Nc1ccc(Cl)c(Cl)c1)c1ccn(COc2ccc(F)cc2)n1. The van der Waals surface area contributed by atoms with Crippen LogP contribution in [-0.4, -0.2) is 15.7 Å². The molecule has 0 aliphatic rings. The first kappa shape index (κ1) is 17.3. The molecule has 0 fully saturated rings. The molecule has 2 aromatic carbocycles. The Labute approximate surface area is 152 Å². The third kappa shape index (κ3) is 4.49. The van der Waals surface area contributed by atoms with Crippen molar-refractivity contribution in [1.29, 1.82) is 0 Å². The zero-order valence-corrected chi connectivity index (χ0v) is 14.3. The van der Waals surface area contributed by atoms with E-state index in [-0.39, 0.29) is 24.1 Å². The Morgan fingerprint density at radius 2 is 1.88 bits per heavy atom. The molecule has 128 valence electrons. The molecule has 0 atom stereocenters. The predicted molar refractivity (Wildman–Crippen MR) is 93.7 cm³/mol. The zero-order chi connectivity index (χ0) is 17.8. The maximum Gasteiger partial charge on any atom is 0.276 e. The summed E-state index contributed by atoms with van der Waals surface area (Å²) in [5, 5.41) is 7.55. The van der Waals surface area contributed by atoms with Gasteiger partial charge in [-0.05, 0) is 48.5 Å². The molecule has 0 saturated heterocycles. The highest BCUT2D eigenvalue weighted by Crippen LogP contribution is 2.25. The smallest absolute Gasteiger partial charge is 0.276 e. The predicted octanol–water partition coefficient (Wildman–Crippen LogP) is 4.62. The van der Waals surface area contributed by atoms with Crippen LogP contribution in [0.1, 0.15) is 10.5 Å². The second-order valence-corrected chi connectivity index (χ2v) is 5.87. The van der Waals surface area contributed by atoms with E-state index in [2.05, 4.69) is 10.4 Å². The maximum absolute atomic E-state index is 12.8. The number of ether oxygens (including phenoxy) is 1. The van der Waals surface area contributed by atoms with Crippen molar-refractivity contribution in [2.45, 2.75) is 6.73 Å². The molecule has 1 heterocycles. The van der Waals surface area contributed by atoms with E-state index in [0.717, 1.165) is 0 Å². The summed E-state index contributed by atoms with van der Waals surface area (Å²) in [6, 6.07) is 12.0. The van der Waals surface area contributed by atoms with Gasteiger partial charge in [0.1, 0.15) is 11.6 Å². The van der Waals surface area contributed by atoms with Gasteiger partial charge < -0.3 is 10.1 Å². The Morgan fingerprint density at radius 3 is 2.60 bits per heavy atom. The van der Waals surface area contributed by atoms with Crippen LogP contribution in [0.3, 0.4) is 0 Å². The van der Waals surface area contributed by atoms with E-state index >= 15 is 0 Å². The Bertz CT molecular complexity index is 897. The number of nitrogens with zero attached hydrogens (tertiary/aromatic N) is 2. The van der Waals surface area contributed by atoms with Gasteiger partial charge in [0.2, 0.25) is 0 Å². The van der Waals surface area contributed by atoms with E-state index < -0.39 is 0 Å². The van der Waals surface area contributed by atoms with Crippen LogP contribution in [0.4, 0.5) is 10.1 Å². The maximum atomic E-state index is 12.8. The molecule has 1 aromatic heterocycles. The van der Waals surface area contributed by atoms with E-state index in [4.69, 9.17) is 27.9 Å². The number of carbonyl (C=O) groups excluding carboxylic acids is 1. The van der Waals surface area contributed by atoms with Crippen molar-refractivity contribution in [3.63, 3.8) is 0 Å². The van der Waals surface area contributed by atoms with Gasteiger partial charge >= 0.3 is 0 Å². The number of rotatable bonds is 5. The van der Waals surface area contributed by atoms with Gasteiger partial charge in [0, 0.05) is 11.9 Å². The Hall–Kier alpha value is -2.57. The molecule has 5 nitrogen and oxygen atoms in total. The van der Waals surface area contributed by atoms with Crippen molar-refractivity contribution in [2.24, 2.45) is 0 Å². The molecule has 0 saturated carbocycles. The molecule has 1 amide bonds. The molecule has 0 bridgehead atoms.